The van der Waals surface area contributed by atoms with E-state index in [4.69, 9.17) is 5.11 Å². The molecular formula is C8H15ClN4O. The van der Waals surface area contributed by atoms with Crippen molar-refractivity contribution in [3.05, 3.63) is 11.9 Å². The molecule has 2 rings (SSSR count). The number of piperidine rings is 1. The third-order valence-corrected chi connectivity index (χ3v) is 2.40. The average molecular weight is 219 g/mol. The van der Waals surface area contributed by atoms with Gasteiger partial charge in [-0.25, -0.2) is 4.68 Å². The summed E-state index contributed by atoms with van der Waals surface area (Å²) in [4.78, 5) is 0. The maximum absolute atomic E-state index is 8.82. The summed E-state index contributed by atoms with van der Waals surface area (Å²) in [6.45, 7) is 2.06. The Bertz CT molecular complexity index is 272. The Balaban J connectivity index is 0.000000980. The summed E-state index contributed by atoms with van der Waals surface area (Å²) in [6, 6.07) is 0.453. The first-order chi connectivity index (χ1) is 6.40. The van der Waals surface area contributed by atoms with Gasteiger partial charge in [0.05, 0.1) is 18.8 Å². The number of rotatable bonds is 2. The van der Waals surface area contributed by atoms with Crippen LogP contribution >= 0.6 is 12.4 Å². The zero-order valence-electron chi connectivity index (χ0n) is 7.89. The Kier molecular flexibility index (Phi) is 4.31. The molecule has 1 saturated heterocycles. The van der Waals surface area contributed by atoms with E-state index >= 15 is 0 Å². The summed E-state index contributed by atoms with van der Waals surface area (Å²) in [5.41, 5.74) is 0.651. The Morgan fingerprint density at radius 3 is 2.79 bits per heavy atom. The number of halogens is 1. The van der Waals surface area contributed by atoms with E-state index in [1.807, 2.05) is 10.9 Å². The Morgan fingerprint density at radius 1 is 1.50 bits per heavy atom. The normalized spacial score (nSPS) is 17.8. The van der Waals surface area contributed by atoms with E-state index in [0.717, 1.165) is 25.9 Å². The first kappa shape index (κ1) is 11.4. The molecule has 0 spiro atoms. The number of hydrogen-bond acceptors (Lipinski definition) is 4. The molecule has 1 fully saturated rings. The smallest absolute Gasteiger partial charge is 0.108 e. The van der Waals surface area contributed by atoms with Gasteiger partial charge in [-0.2, -0.15) is 0 Å². The summed E-state index contributed by atoms with van der Waals surface area (Å²) < 4.78 is 1.87. The maximum atomic E-state index is 8.82. The van der Waals surface area contributed by atoms with Crippen molar-refractivity contribution in [2.75, 3.05) is 13.1 Å². The van der Waals surface area contributed by atoms with E-state index in [-0.39, 0.29) is 19.0 Å². The van der Waals surface area contributed by atoms with Gasteiger partial charge in [-0.1, -0.05) is 5.21 Å². The fourth-order valence-electron chi connectivity index (χ4n) is 1.64. The van der Waals surface area contributed by atoms with Crippen molar-refractivity contribution >= 4 is 12.4 Å². The molecule has 0 radical (unpaired) electrons. The third-order valence-electron chi connectivity index (χ3n) is 2.40. The maximum Gasteiger partial charge on any atom is 0.108 e. The highest BCUT2D eigenvalue weighted by Gasteiger charge is 2.15. The fourth-order valence-corrected chi connectivity index (χ4v) is 1.64. The molecule has 14 heavy (non-hydrogen) atoms. The van der Waals surface area contributed by atoms with Crippen molar-refractivity contribution in [1.82, 2.24) is 20.3 Å². The number of hydrogen-bond donors (Lipinski definition) is 2. The van der Waals surface area contributed by atoms with Gasteiger partial charge >= 0.3 is 0 Å². The van der Waals surface area contributed by atoms with E-state index in [0.29, 0.717) is 11.7 Å². The number of aromatic nitrogens is 3. The van der Waals surface area contributed by atoms with Gasteiger partial charge in [-0.15, -0.1) is 17.5 Å². The Labute approximate surface area is 88.9 Å². The van der Waals surface area contributed by atoms with Gasteiger partial charge in [0.15, 0.2) is 0 Å². The quantitative estimate of drug-likeness (QED) is 0.740. The zero-order valence-corrected chi connectivity index (χ0v) is 8.70. The lowest BCUT2D eigenvalue weighted by molar-refractivity contribution is 0.276. The summed E-state index contributed by atoms with van der Waals surface area (Å²) in [7, 11) is 0. The van der Waals surface area contributed by atoms with Crippen molar-refractivity contribution < 1.29 is 5.11 Å². The van der Waals surface area contributed by atoms with Crippen LogP contribution in [0, 0.1) is 0 Å². The number of nitrogens with one attached hydrogen (secondary N) is 1. The van der Waals surface area contributed by atoms with Crippen LogP contribution in [0.5, 0.6) is 0 Å². The molecule has 1 aliphatic heterocycles. The average Bonchev–Trinajstić information content (AvgIpc) is 2.67. The molecule has 5 nitrogen and oxygen atoms in total. The highest BCUT2D eigenvalue weighted by atomic mass is 35.5. The molecule has 0 atom stereocenters. The van der Waals surface area contributed by atoms with Crippen LogP contribution in [0.4, 0.5) is 0 Å². The van der Waals surface area contributed by atoms with E-state index in [9.17, 15) is 0 Å². The van der Waals surface area contributed by atoms with Crippen LogP contribution in [-0.4, -0.2) is 33.2 Å². The topological polar surface area (TPSA) is 63.0 Å². The van der Waals surface area contributed by atoms with E-state index in [2.05, 4.69) is 15.6 Å². The van der Waals surface area contributed by atoms with E-state index in [1.165, 1.54) is 0 Å². The summed E-state index contributed by atoms with van der Waals surface area (Å²) >= 11 is 0. The molecule has 80 valence electrons. The molecule has 0 amide bonds. The van der Waals surface area contributed by atoms with Crippen LogP contribution < -0.4 is 5.32 Å². The molecule has 0 saturated carbocycles. The highest BCUT2D eigenvalue weighted by Crippen LogP contribution is 2.16. The summed E-state index contributed by atoms with van der Waals surface area (Å²) in [5.74, 6) is 0. The minimum Gasteiger partial charge on any atom is -0.390 e. The largest absolute Gasteiger partial charge is 0.390 e. The molecule has 2 heterocycles. The third kappa shape index (κ3) is 2.43. The molecule has 0 unspecified atom stereocenters. The van der Waals surface area contributed by atoms with Crippen LogP contribution in [0.15, 0.2) is 6.20 Å². The number of aliphatic hydroxyl groups is 1. The van der Waals surface area contributed by atoms with Crippen molar-refractivity contribution in [3.8, 4) is 0 Å². The molecule has 0 aliphatic carbocycles. The first-order valence-corrected chi connectivity index (χ1v) is 4.62. The lowest BCUT2D eigenvalue weighted by atomic mass is 10.1. The highest BCUT2D eigenvalue weighted by molar-refractivity contribution is 5.85. The second-order valence-electron chi connectivity index (χ2n) is 3.33. The van der Waals surface area contributed by atoms with Crippen molar-refractivity contribution in [1.29, 1.82) is 0 Å². The molecular weight excluding hydrogens is 204 g/mol. The molecule has 0 aromatic carbocycles. The van der Waals surface area contributed by atoms with Crippen molar-refractivity contribution in [3.63, 3.8) is 0 Å². The number of aliphatic hydroxyl groups excluding tert-OH is 1. The van der Waals surface area contributed by atoms with Crippen molar-refractivity contribution in [2.24, 2.45) is 0 Å². The second-order valence-corrected chi connectivity index (χ2v) is 3.33. The molecule has 0 bridgehead atoms. The predicted molar refractivity (Wildman–Crippen MR) is 54.3 cm³/mol. The van der Waals surface area contributed by atoms with Crippen LogP contribution in [0.2, 0.25) is 0 Å². The standard InChI is InChI=1S/C8H14N4O.ClH/c13-6-7-5-12(11-10-7)8-1-3-9-4-2-8;/h5,8-9,13H,1-4,6H2;1H. The van der Waals surface area contributed by atoms with Gasteiger partial charge in [-0.05, 0) is 25.9 Å². The van der Waals surface area contributed by atoms with Gasteiger partial charge in [0, 0.05) is 0 Å². The van der Waals surface area contributed by atoms with Crippen LogP contribution in [0.3, 0.4) is 0 Å². The summed E-state index contributed by atoms with van der Waals surface area (Å²) in [5, 5.41) is 20.0. The molecule has 6 heteroatoms. The minimum atomic E-state index is -0.0228. The van der Waals surface area contributed by atoms with E-state index < -0.39 is 0 Å². The monoisotopic (exact) mass is 218 g/mol. The van der Waals surface area contributed by atoms with Gasteiger partial charge in [-0.3, -0.25) is 0 Å². The van der Waals surface area contributed by atoms with Gasteiger partial charge < -0.3 is 10.4 Å². The molecule has 1 aromatic heterocycles. The molecule has 1 aliphatic rings. The van der Waals surface area contributed by atoms with Crippen LogP contribution in [-0.2, 0) is 6.61 Å². The molecule has 2 N–H and O–H groups in total. The lowest BCUT2D eigenvalue weighted by Crippen LogP contribution is -2.29. The Hall–Kier alpha value is -0.650. The second kappa shape index (κ2) is 5.29. The van der Waals surface area contributed by atoms with Crippen LogP contribution in [0.1, 0.15) is 24.6 Å². The van der Waals surface area contributed by atoms with Crippen LogP contribution in [0.25, 0.3) is 0 Å². The van der Waals surface area contributed by atoms with Gasteiger partial charge in [0.2, 0.25) is 0 Å². The van der Waals surface area contributed by atoms with Gasteiger partial charge in [0.25, 0.3) is 0 Å². The first-order valence-electron chi connectivity index (χ1n) is 4.62. The van der Waals surface area contributed by atoms with Crippen molar-refractivity contribution in [2.45, 2.75) is 25.5 Å². The van der Waals surface area contributed by atoms with Gasteiger partial charge in [0.1, 0.15) is 5.69 Å². The van der Waals surface area contributed by atoms with E-state index in [1.54, 1.807) is 0 Å². The lowest BCUT2D eigenvalue weighted by Gasteiger charge is -2.22. The summed E-state index contributed by atoms with van der Waals surface area (Å²) in [6.07, 6.45) is 4.01. The SMILES string of the molecule is Cl.OCc1cn(C2CCNCC2)nn1. The zero-order chi connectivity index (χ0) is 9.10. The predicted octanol–water partition coefficient (Wildman–Crippen LogP) is 0.117. The number of nitrogens with zero attached hydrogens (tertiary/aromatic N) is 3. The Morgan fingerprint density at radius 2 is 2.21 bits per heavy atom. The minimum absolute atomic E-state index is 0. The molecule has 1 aromatic rings. The fraction of sp³-hybridized carbons (Fsp3) is 0.750.